The Labute approximate surface area is 99.8 Å². The van der Waals surface area contributed by atoms with Crippen molar-refractivity contribution in [3.63, 3.8) is 0 Å². The summed E-state index contributed by atoms with van der Waals surface area (Å²) in [5, 5.41) is 19.0. The first-order valence-electron chi connectivity index (χ1n) is 5.59. The van der Waals surface area contributed by atoms with E-state index in [0.29, 0.717) is 24.2 Å². The Hall–Kier alpha value is -1.71. The van der Waals surface area contributed by atoms with Gasteiger partial charge in [0.2, 0.25) is 5.60 Å². The largest absolute Gasteiger partial charge is 0.507 e. The van der Waals surface area contributed by atoms with Gasteiger partial charge in [-0.2, -0.15) is 0 Å². The minimum atomic E-state index is -1.16. The maximum atomic E-state index is 11.1. The SMILES string of the molecule is Cc1cc2c(c(C)c1O)CCC(C)(C(=O)O)O2. The highest BCUT2D eigenvalue weighted by molar-refractivity contribution is 5.78. The maximum Gasteiger partial charge on any atom is 0.347 e. The van der Waals surface area contributed by atoms with Crippen LogP contribution < -0.4 is 4.74 Å². The second-order valence-corrected chi connectivity index (χ2v) is 4.78. The highest BCUT2D eigenvalue weighted by Gasteiger charge is 2.39. The summed E-state index contributed by atoms with van der Waals surface area (Å²) in [5.74, 6) is -0.105. The van der Waals surface area contributed by atoms with E-state index in [1.165, 1.54) is 0 Å². The van der Waals surface area contributed by atoms with Crippen molar-refractivity contribution in [1.29, 1.82) is 0 Å². The van der Waals surface area contributed by atoms with E-state index in [4.69, 9.17) is 9.84 Å². The normalized spacial score (nSPS) is 22.8. The minimum absolute atomic E-state index is 0.270. The molecule has 0 fully saturated rings. The van der Waals surface area contributed by atoms with Crippen LogP contribution in [0.15, 0.2) is 6.07 Å². The lowest BCUT2D eigenvalue weighted by atomic mass is 9.89. The molecule has 1 unspecified atom stereocenters. The van der Waals surface area contributed by atoms with Crippen LogP contribution in [0.1, 0.15) is 30.0 Å². The summed E-state index contributed by atoms with van der Waals surface area (Å²) >= 11 is 0. The van der Waals surface area contributed by atoms with Crippen molar-refractivity contribution >= 4 is 5.97 Å². The number of aromatic hydroxyl groups is 1. The predicted octanol–water partition coefficient (Wildman–Crippen LogP) is 2.18. The zero-order valence-electron chi connectivity index (χ0n) is 10.2. The molecule has 0 spiro atoms. The van der Waals surface area contributed by atoms with E-state index in [0.717, 1.165) is 11.1 Å². The number of carbonyl (C=O) groups is 1. The van der Waals surface area contributed by atoms with Crippen LogP contribution in [-0.2, 0) is 11.2 Å². The topological polar surface area (TPSA) is 66.8 Å². The van der Waals surface area contributed by atoms with Crippen molar-refractivity contribution in [2.75, 3.05) is 0 Å². The van der Waals surface area contributed by atoms with Crippen LogP contribution in [0.2, 0.25) is 0 Å². The second kappa shape index (κ2) is 3.65. The average Bonchev–Trinajstić information content (AvgIpc) is 2.25. The van der Waals surface area contributed by atoms with Gasteiger partial charge >= 0.3 is 5.97 Å². The molecule has 2 N–H and O–H groups in total. The van der Waals surface area contributed by atoms with Crippen molar-refractivity contribution in [2.24, 2.45) is 0 Å². The van der Waals surface area contributed by atoms with Crippen molar-refractivity contribution in [3.05, 3.63) is 22.8 Å². The number of hydrogen-bond acceptors (Lipinski definition) is 3. The number of fused-ring (bicyclic) bond motifs is 1. The van der Waals surface area contributed by atoms with Crippen LogP contribution >= 0.6 is 0 Å². The zero-order chi connectivity index (χ0) is 12.8. The van der Waals surface area contributed by atoms with E-state index < -0.39 is 11.6 Å². The molecule has 0 amide bonds. The van der Waals surface area contributed by atoms with E-state index in [-0.39, 0.29) is 5.75 Å². The lowest BCUT2D eigenvalue weighted by molar-refractivity contribution is -0.155. The smallest absolute Gasteiger partial charge is 0.347 e. The zero-order valence-corrected chi connectivity index (χ0v) is 10.2. The molecule has 1 aromatic carbocycles. The Kier molecular flexibility index (Phi) is 2.53. The van der Waals surface area contributed by atoms with Crippen LogP contribution in [0.5, 0.6) is 11.5 Å². The van der Waals surface area contributed by atoms with Crippen molar-refractivity contribution in [2.45, 2.75) is 39.2 Å². The van der Waals surface area contributed by atoms with Gasteiger partial charge in [-0.05, 0) is 44.4 Å². The highest BCUT2D eigenvalue weighted by atomic mass is 16.5. The quantitative estimate of drug-likeness (QED) is 0.784. The molecule has 2 rings (SSSR count). The van der Waals surface area contributed by atoms with Crippen LogP contribution in [0.4, 0.5) is 0 Å². The van der Waals surface area contributed by atoms with Crippen LogP contribution in [-0.4, -0.2) is 21.8 Å². The van der Waals surface area contributed by atoms with Crippen LogP contribution in [0.25, 0.3) is 0 Å². The van der Waals surface area contributed by atoms with E-state index in [1.807, 2.05) is 6.92 Å². The number of carboxylic acids is 1. The Balaban J connectivity index is 2.50. The van der Waals surface area contributed by atoms with Gasteiger partial charge in [-0.3, -0.25) is 0 Å². The molecule has 0 aliphatic carbocycles. The third-order valence-corrected chi connectivity index (χ3v) is 3.47. The number of aliphatic carboxylic acids is 1. The van der Waals surface area contributed by atoms with E-state index >= 15 is 0 Å². The maximum absolute atomic E-state index is 11.1. The van der Waals surface area contributed by atoms with Crippen molar-refractivity contribution in [3.8, 4) is 11.5 Å². The molecule has 0 saturated heterocycles. The van der Waals surface area contributed by atoms with Gasteiger partial charge < -0.3 is 14.9 Å². The summed E-state index contributed by atoms with van der Waals surface area (Å²) in [7, 11) is 0. The monoisotopic (exact) mass is 236 g/mol. The molecule has 92 valence electrons. The van der Waals surface area contributed by atoms with Crippen LogP contribution in [0, 0.1) is 13.8 Å². The molecule has 1 aliphatic rings. The molecule has 17 heavy (non-hydrogen) atoms. The van der Waals surface area contributed by atoms with Gasteiger partial charge in [0, 0.05) is 12.0 Å². The Bertz CT molecular complexity index is 493. The Morgan fingerprint density at radius 2 is 2.12 bits per heavy atom. The molecule has 0 saturated carbocycles. The molecule has 4 nitrogen and oxygen atoms in total. The number of rotatable bonds is 1. The minimum Gasteiger partial charge on any atom is -0.507 e. The number of phenols is 1. The van der Waals surface area contributed by atoms with Gasteiger partial charge in [-0.15, -0.1) is 0 Å². The van der Waals surface area contributed by atoms with Crippen molar-refractivity contribution < 1.29 is 19.7 Å². The summed E-state index contributed by atoms with van der Waals surface area (Å²) in [6, 6.07) is 1.71. The third-order valence-electron chi connectivity index (χ3n) is 3.47. The number of ether oxygens (including phenoxy) is 1. The second-order valence-electron chi connectivity index (χ2n) is 4.78. The first kappa shape index (κ1) is 11.8. The molecule has 1 aliphatic heterocycles. The van der Waals surface area contributed by atoms with Crippen LogP contribution in [0.3, 0.4) is 0 Å². The summed E-state index contributed by atoms with van der Waals surface area (Å²) < 4.78 is 5.59. The molecule has 1 aromatic rings. The highest BCUT2D eigenvalue weighted by Crippen LogP contribution is 2.40. The van der Waals surface area contributed by atoms with Gasteiger partial charge in [-0.25, -0.2) is 4.79 Å². The van der Waals surface area contributed by atoms with E-state index in [1.54, 1.807) is 19.9 Å². The summed E-state index contributed by atoms with van der Waals surface area (Å²) in [6.07, 6.45) is 1.02. The van der Waals surface area contributed by atoms with E-state index in [9.17, 15) is 9.90 Å². The fourth-order valence-corrected chi connectivity index (χ4v) is 2.19. The number of phenolic OH excluding ortho intramolecular Hbond substituents is 1. The van der Waals surface area contributed by atoms with Gasteiger partial charge in [0.25, 0.3) is 0 Å². The Morgan fingerprint density at radius 3 is 2.71 bits per heavy atom. The molecule has 4 heteroatoms. The van der Waals surface area contributed by atoms with E-state index in [2.05, 4.69) is 0 Å². The number of carboxylic acid groups (broad SMARTS) is 1. The first-order chi connectivity index (χ1) is 7.85. The lowest BCUT2D eigenvalue weighted by Gasteiger charge is -2.33. The fraction of sp³-hybridized carbons (Fsp3) is 0.462. The molecule has 1 atom stereocenters. The summed E-state index contributed by atoms with van der Waals surface area (Å²) in [6.45, 7) is 5.18. The molecule has 0 aromatic heterocycles. The van der Waals surface area contributed by atoms with Gasteiger partial charge in [0.1, 0.15) is 11.5 Å². The third kappa shape index (κ3) is 1.73. The van der Waals surface area contributed by atoms with Gasteiger partial charge in [-0.1, -0.05) is 0 Å². The molecule has 0 radical (unpaired) electrons. The molecular formula is C13H16O4. The first-order valence-corrected chi connectivity index (χ1v) is 5.59. The average molecular weight is 236 g/mol. The summed E-state index contributed by atoms with van der Waals surface area (Å²) in [5.41, 5.74) is 1.23. The standard InChI is InChI=1S/C13H16O4/c1-7-6-10-9(8(2)11(7)14)4-5-13(3,17-10)12(15)16/h6,14H,4-5H2,1-3H3,(H,15,16). The Morgan fingerprint density at radius 1 is 1.47 bits per heavy atom. The number of benzene rings is 1. The predicted molar refractivity (Wildman–Crippen MR) is 62.6 cm³/mol. The lowest BCUT2D eigenvalue weighted by Crippen LogP contribution is -2.44. The summed E-state index contributed by atoms with van der Waals surface area (Å²) in [4.78, 5) is 11.1. The van der Waals surface area contributed by atoms with Crippen molar-refractivity contribution in [1.82, 2.24) is 0 Å². The fourth-order valence-electron chi connectivity index (χ4n) is 2.19. The molecular weight excluding hydrogens is 220 g/mol. The number of aryl methyl sites for hydroxylation is 1. The number of hydrogen-bond donors (Lipinski definition) is 2. The molecule has 0 bridgehead atoms. The van der Waals surface area contributed by atoms with Gasteiger partial charge in [0.05, 0.1) is 0 Å². The molecule has 1 heterocycles. The van der Waals surface area contributed by atoms with Gasteiger partial charge in [0.15, 0.2) is 0 Å².